The van der Waals surface area contributed by atoms with Crippen LogP contribution in [0, 0.1) is 11.7 Å². The fourth-order valence-corrected chi connectivity index (χ4v) is 7.25. The van der Waals surface area contributed by atoms with E-state index in [0.717, 1.165) is 50.1 Å². The predicted octanol–water partition coefficient (Wildman–Crippen LogP) is 2.02. The first-order valence-electron chi connectivity index (χ1n) is 17.4. The number of piperidine rings is 1. The summed E-state index contributed by atoms with van der Waals surface area (Å²) in [6.45, 7) is 9.58. The minimum Gasteiger partial charge on any atom is -0.493 e. The highest BCUT2D eigenvalue weighted by Gasteiger charge is 2.33. The second-order valence-corrected chi connectivity index (χ2v) is 13.6. The van der Waals surface area contributed by atoms with E-state index >= 15 is 0 Å². The van der Waals surface area contributed by atoms with Gasteiger partial charge in [-0.3, -0.25) is 14.5 Å². The number of rotatable bonds is 14. The normalized spacial score (nSPS) is 21.6. The summed E-state index contributed by atoms with van der Waals surface area (Å²) < 4.78 is 20.2. The Hall–Kier alpha value is -3.00. The lowest BCUT2D eigenvalue weighted by Gasteiger charge is -2.39. The number of nitrogens with two attached hydrogens (primary N) is 2. The van der Waals surface area contributed by atoms with Crippen LogP contribution < -0.4 is 32.2 Å². The number of ether oxygens (including phenoxy) is 1. The number of nitrogens with zero attached hydrogens (tertiary/aromatic N) is 3. The molecular formula is C35H52ClFN8O3. The summed E-state index contributed by atoms with van der Waals surface area (Å²) in [6, 6.07) is 10.3. The molecule has 3 aliphatic rings. The fourth-order valence-electron chi connectivity index (χ4n) is 7.05. The highest BCUT2D eigenvalue weighted by molar-refractivity contribution is 6.30. The van der Waals surface area contributed by atoms with Crippen LogP contribution in [0.1, 0.15) is 37.3 Å². The van der Waals surface area contributed by atoms with Gasteiger partial charge in [-0.25, -0.2) is 4.39 Å². The van der Waals surface area contributed by atoms with Crippen molar-refractivity contribution < 1.29 is 18.7 Å². The number of hydrogen-bond donors (Lipinski definition) is 5. The molecule has 0 aromatic heterocycles. The van der Waals surface area contributed by atoms with Gasteiger partial charge in [0, 0.05) is 81.2 Å². The molecule has 7 N–H and O–H groups in total. The molecule has 3 heterocycles. The maximum Gasteiger partial charge on any atom is 0.239 e. The molecule has 0 unspecified atom stereocenters. The number of amides is 2. The Morgan fingerprint density at radius 3 is 2.60 bits per heavy atom. The molecule has 3 fully saturated rings. The Bertz CT molecular complexity index is 1370. The zero-order chi connectivity index (χ0) is 34.0. The van der Waals surface area contributed by atoms with Crippen LogP contribution in [0.2, 0.25) is 5.02 Å². The number of hydrogen-bond acceptors (Lipinski definition) is 9. The van der Waals surface area contributed by atoms with Crippen molar-refractivity contribution in [2.24, 2.45) is 17.4 Å². The van der Waals surface area contributed by atoms with Gasteiger partial charge in [-0.2, -0.15) is 0 Å². The Labute approximate surface area is 288 Å². The number of halogens is 2. The van der Waals surface area contributed by atoms with Crippen LogP contribution in [0.4, 0.5) is 10.1 Å². The number of benzene rings is 2. The minimum atomic E-state index is -0.514. The number of carbonyl (C=O) groups excluding carboxylic acids is 2. The molecule has 264 valence electrons. The summed E-state index contributed by atoms with van der Waals surface area (Å²) in [5.41, 5.74) is 14.9. The van der Waals surface area contributed by atoms with Crippen LogP contribution >= 0.6 is 11.6 Å². The Morgan fingerprint density at radius 2 is 1.88 bits per heavy atom. The van der Waals surface area contributed by atoms with Crippen molar-refractivity contribution >= 4 is 29.1 Å². The second-order valence-electron chi connectivity index (χ2n) is 13.1. The Kier molecular flexibility index (Phi) is 13.3. The van der Waals surface area contributed by atoms with E-state index in [1.807, 2.05) is 30.0 Å². The quantitative estimate of drug-likeness (QED) is 0.202. The predicted molar refractivity (Wildman–Crippen MR) is 188 cm³/mol. The van der Waals surface area contributed by atoms with E-state index in [4.69, 9.17) is 27.8 Å². The molecule has 5 rings (SSSR count). The summed E-state index contributed by atoms with van der Waals surface area (Å²) in [5, 5.41) is 10.5. The molecule has 11 nitrogen and oxygen atoms in total. The summed E-state index contributed by atoms with van der Waals surface area (Å²) in [4.78, 5) is 32.2. The Balaban J connectivity index is 1.05. The fraction of sp³-hybridized carbons (Fsp3) is 0.600. The summed E-state index contributed by atoms with van der Waals surface area (Å²) in [6.07, 6.45) is 3.29. The minimum absolute atomic E-state index is 0.0122. The highest BCUT2D eigenvalue weighted by Crippen LogP contribution is 2.27. The van der Waals surface area contributed by atoms with Gasteiger partial charge in [0.25, 0.3) is 0 Å². The average Bonchev–Trinajstić information content (AvgIpc) is 3.57. The molecule has 13 heteroatoms. The number of likely N-dealkylation sites (tertiary alicyclic amines) is 1. The van der Waals surface area contributed by atoms with E-state index in [-0.39, 0.29) is 35.6 Å². The molecule has 3 saturated heterocycles. The summed E-state index contributed by atoms with van der Waals surface area (Å²) in [5.74, 6) is 0.465. The summed E-state index contributed by atoms with van der Waals surface area (Å²) >= 11 is 6.39. The molecule has 0 saturated carbocycles. The van der Waals surface area contributed by atoms with Gasteiger partial charge in [-0.05, 0) is 87.5 Å². The monoisotopic (exact) mass is 686 g/mol. The lowest BCUT2D eigenvalue weighted by Crippen LogP contribution is -2.55. The third-order valence-corrected chi connectivity index (χ3v) is 10.1. The van der Waals surface area contributed by atoms with Gasteiger partial charge in [-0.15, -0.1) is 0 Å². The van der Waals surface area contributed by atoms with Gasteiger partial charge >= 0.3 is 0 Å². The smallest absolute Gasteiger partial charge is 0.239 e. The van der Waals surface area contributed by atoms with Crippen molar-refractivity contribution in [2.75, 3.05) is 77.4 Å². The number of nitrogens with one attached hydrogen (secondary N) is 3. The van der Waals surface area contributed by atoms with E-state index in [1.165, 1.54) is 6.07 Å². The van der Waals surface area contributed by atoms with Crippen molar-refractivity contribution in [2.45, 2.75) is 57.3 Å². The van der Waals surface area contributed by atoms with Crippen LogP contribution in [0.3, 0.4) is 0 Å². The van der Waals surface area contributed by atoms with Gasteiger partial charge in [-0.1, -0.05) is 17.7 Å². The first-order valence-corrected chi connectivity index (χ1v) is 17.8. The lowest BCUT2D eigenvalue weighted by atomic mass is 9.88. The van der Waals surface area contributed by atoms with E-state index in [9.17, 15) is 14.0 Å². The Morgan fingerprint density at radius 1 is 1.10 bits per heavy atom. The lowest BCUT2D eigenvalue weighted by molar-refractivity contribution is -0.136. The van der Waals surface area contributed by atoms with Crippen molar-refractivity contribution in [1.82, 2.24) is 25.3 Å². The second kappa shape index (κ2) is 17.6. The van der Waals surface area contributed by atoms with Gasteiger partial charge in [0.15, 0.2) is 0 Å². The molecular weight excluding hydrogens is 635 g/mol. The average molecular weight is 687 g/mol. The molecule has 48 heavy (non-hydrogen) atoms. The van der Waals surface area contributed by atoms with Crippen LogP contribution in [0.15, 0.2) is 36.4 Å². The van der Waals surface area contributed by atoms with E-state index in [0.29, 0.717) is 81.7 Å². The first-order chi connectivity index (χ1) is 23.2. The molecule has 0 bridgehead atoms. The standard InChI is InChI=1S/C35H52ClFN8O3/c1-2-48-32-5-3-4-29(37)28(32)23-44-16-18-45(19-17-44)35(47)33(39)24-8-13-43(14-9-24)15-10-25-20-26(36)6-7-30(25)42-27-21-31(41-22-27)34(46)40-12-11-38/h3-7,20,24,27,31,33,41-42H,2,8-19,21-23,38-39H2,1H3,(H,40,46)/t27-,31-,33+/m0/s1. The van der Waals surface area contributed by atoms with E-state index in [2.05, 4.69) is 25.8 Å². The maximum absolute atomic E-state index is 14.6. The third kappa shape index (κ3) is 9.58. The van der Waals surface area contributed by atoms with Crippen LogP contribution in [-0.2, 0) is 22.6 Å². The number of carbonyl (C=O) groups is 2. The van der Waals surface area contributed by atoms with E-state index < -0.39 is 6.04 Å². The van der Waals surface area contributed by atoms with Crippen molar-refractivity contribution in [3.63, 3.8) is 0 Å². The van der Waals surface area contributed by atoms with E-state index in [1.54, 1.807) is 12.1 Å². The van der Waals surface area contributed by atoms with Crippen molar-refractivity contribution in [1.29, 1.82) is 0 Å². The molecule has 0 aliphatic carbocycles. The van der Waals surface area contributed by atoms with Gasteiger partial charge < -0.3 is 42.0 Å². The van der Waals surface area contributed by atoms with Gasteiger partial charge in [0.1, 0.15) is 11.6 Å². The molecule has 2 aromatic rings. The van der Waals surface area contributed by atoms with Crippen molar-refractivity contribution in [3.8, 4) is 5.75 Å². The number of anilines is 1. The molecule has 3 aliphatic heterocycles. The van der Waals surface area contributed by atoms with Crippen LogP contribution in [-0.4, -0.2) is 117 Å². The molecule has 2 amide bonds. The van der Waals surface area contributed by atoms with Crippen LogP contribution in [0.5, 0.6) is 5.75 Å². The SMILES string of the molecule is CCOc1cccc(F)c1CN1CCN(C(=O)[C@H](N)C2CCN(CCc3cc(Cl)ccc3N[C@@H]3CN[C@H](C(=O)NCCN)C3)CC2)CC1. The molecule has 0 radical (unpaired) electrons. The largest absolute Gasteiger partial charge is 0.493 e. The summed E-state index contributed by atoms with van der Waals surface area (Å²) in [7, 11) is 0. The number of piperazine rings is 1. The van der Waals surface area contributed by atoms with Crippen molar-refractivity contribution in [3.05, 3.63) is 58.4 Å². The third-order valence-electron chi connectivity index (χ3n) is 9.88. The molecule has 2 aromatic carbocycles. The maximum atomic E-state index is 14.6. The molecule has 0 spiro atoms. The first kappa shape index (κ1) is 36.3. The van der Waals surface area contributed by atoms with Gasteiger partial charge in [0.05, 0.1) is 18.7 Å². The molecule has 3 atom stereocenters. The zero-order valence-electron chi connectivity index (χ0n) is 28.1. The topological polar surface area (TPSA) is 141 Å². The zero-order valence-corrected chi connectivity index (χ0v) is 28.8. The highest BCUT2D eigenvalue weighted by atomic mass is 35.5. The van der Waals surface area contributed by atoms with Crippen LogP contribution in [0.25, 0.3) is 0 Å². The van der Waals surface area contributed by atoms with Gasteiger partial charge in [0.2, 0.25) is 11.8 Å².